The molecule has 9 heteroatoms. The molecule has 0 saturated heterocycles. The summed E-state index contributed by atoms with van der Waals surface area (Å²) < 4.78 is 4.83. The van der Waals surface area contributed by atoms with E-state index in [1.807, 2.05) is 30.3 Å². The first-order chi connectivity index (χ1) is 13.0. The number of carbonyl (C=O) groups is 1. The van der Waals surface area contributed by atoms with E-state index in [2.05, 4.69) is 20.3 Å². The Bertz CT molecular complexity index is 1010. The van der Waals surface area contributed by atoms with E-state index in [9.17, 15) is 4.79 Å². The van der Waals surface area contributed by atoms with Crippen molar-refractivity contribution in [2.75, 3.05) is 5.32 Å². The third-order valence-corrected chi connectivity index (χ3v) is 3.74. The summed E-state index contributed by atoms with van der Waals surface area (Å²) >= 11 is 11.9. The molecule has 3 rings (SSSR count). The Labute approximate surface area is 164 Å². The van der Waals surface area contributed by atoms with Crippen LogP contribution in [0.3, 0.4) is 0 Å². The molecule has 0 saturated carbocycles. The van der Waals surface area contributed by atoms with Gasteiger partial charge in [0.2, 0.25) is 5.28 Å². The van der Waals surface area contributed by atoms with Gasteiger partial charge in [-0.1, -0.05) is 29.8 Å². The summed E-state index contributed by atoms with van der Waals surface area (Å²) in [5, 5.41) is 3.55. The number of nitrogens with two attached hydrogens (primary N) is 1. The molecule has 0 fully saturated rings. The fraction of sp³-hybridized carbons (Fsp3) is 0. The molecule has 1 aromatic carbocycles. The highest BCUT2D eigenvalue weighted by Gasteiger charge is 2.05. The van der Waals surface area contributed by atoms with Gasteiger partial charge in [0.25, 0.3) is 0 Å². The molecule has 136 valence electrons. The normalized spacial score (nSPS) is 10.7. The maximum Gasteiger partial charge on any atom is 0.409 e. The van der Waals surface area contributed by atoms with Crippen molar-refractivity contribution in [3.8, 4) is 5.75 Å². The summed E-state index contributed by atoms with van der Waals surface area (Å²) in [5.41, 5.74) is 7.29. The summed E-state index contributed by atoms with van der Waals surface area (Å²) in [6.45, 7) is 0. The number of halogens is 2. The lowest BCUT2D eigenvalue weighted by atomic mass is 10.1. The lowest BCUT2D eigenvalue weighted by molar-refractivity contribution is 0.211. The van der Waals surface area contributed by atoms with Crippen LogP contribution in [0.15, 0.2) is 48.8 Å². The van der Waals surface area contributed by atoms with Crippen LogP contribution in [0.25, 0.3) is 12.2 Å². The third kappa shape index (κ3) is 5.40. The number of nitrogens with zero attached hydrogens (tertiary/aromatic N) is 3. The number of carbonyl (C=O) groups excluding carboxylic acids is 1. The maximum absolute atomic E-state index is 10.8. The first kappa shape index (κ1) is 18.6. The van der Waals surface area contributed by atoms with Crippen molar-refractivity contribution in [3.05, 3.63) is 70.4 Å². The van der Waals surface area contributed by atoms with E-state index in [0.29, 0.717) is 22.3 Å². The van der Waals surface area contributed by atoms with Crippen LogP contribution in [0.5, 0.6) is 5.75 Å². The van der Waals surface area contributed by atoms with Gasteiger partial charge in [-0.2, -0.15) is 4.98 Å². The molecule has 3 N–H and O–H groups in total. The van der Waals surface area contributed by atoms with Crippen molar-refractivity contribution >= 4 is 53.0 Å². The van der Waals surface area contributed by atoms with Gasteiger partial charge in [0.15, 0.2) is 5.82 Å². The van der Waals surface area contributed by atoms with Crippen molar-refractivity contribution in [1.29, 1.82) is 0 Å². The van der Waals surface area contributed by atoms with Crippen molar-refractivity contribution in [2.24, 2.45) is 5.73 Å². The highest BCUT2D eigenvalue weighted by molar-refractivity contribution is 6.33. The first-order valence-electron chi connectivity index (χ1n) is 7.66. The van der Waals surface area contributed by atoms with Gasteiger partial charge in [-0.3, -0.25) is 4.98 Å². The van der Waals surface area contributed by atoms with Crippen LogP contribution < -0.4 is 15.8 Å². The second kappa shape index (κ2) is 8.48. The summed E-state index contributed by atoms with van der Waals surface area (Å²) in [6.07, 6.45) is 5.71. The number of nitrogens with one attached hydrogen (secondary N) is 1. The summed E-state index contributed by atoms with van der Waals surface area (Å²) in [4.78, 5) is 22.9. The monoisotopic (exact) mass is 401 g/mol. The number of pyridine rings is 1. The molecular weight excluding hydrogens is 389 g/mol. The van der Waals surface area contributed by atoms with Gasteiger partial charge >= 0.3 is 6.09 Å². The number of hydrogen-bond acceptors (Lipinski definition) is 6. The Morgan fingerprint density at radius 2 is 2.00 bits per heavy atom. The lowest BCUT2D eigenvalue weighted by Gasteiger charge is -2.08. The van der Waals surface area contributed by atoms with Gasteiger partial charge in [-0.05, 0) is 41.4 Å². The number of primary amides is 1. The molecule has 0 spiro atoms. The van der Waals surface area contributed by atoms with Crippen LogP contribution in [0, 0.1) is 0 Å². The smallest absolute Gasteiger partial charge is 0.409 e. The van der Waals surface area contributed by atoms with Gasteiger partial charge in [0.05, 0.1) is 11.9 Å². The number of hydrogen-bond donors (Lipinski definition) is 2. The van der Waals surface area contributed by atoms with E-state index in [1.54, 1.807) is 18.2 Å². The first-order valence-corrected chi connectivity index (χ1v) is 8.42. The van der Waals surface area contributed by atoms with E-state index >= 15 is 0 Å². The summed E-state index contributed by atoms with van der Waals surface area (Å²) in [7, 11) is 0. The van der Waals surface area contributed by atoms with Crippen molar-refractivity contribution in [2.45, 2.75) is 0 Å². The van der Waals surface area contributed by atoms with E-state index in [4.69, 9.17) is 33.7 Å². The van der Waals surface area contributed by atoms with Crippen molar-refractivity contribution < 1.29 is 9.53 Å². The van der Waals surface area contributed by atoms with Crippen LogP contribution >= 0.6 is 23.2 Å². The Kier molecular flexibility index (Phi) is 5.85. The second-order valence-electron chi connectivity index (χ2n) is 5.26. The quantitative estimate of drug-likeness (QED) is 0.607. The Balaban J connectivity index is 1.77. The minimum Gasteiger partial charge on any atom is -0.410 e. The molecule has 0 aliphatic rings. The molecule has 7 nitrogen and oxygen atoms in total. The standard InChI is InChI=1S/C18H13Cl2N5O2/c19-15-10-23-17(20)25-16(15)24-13-3-1-2-11(8-13)4-5-12-9-14(6-7-22-12)27-18(21)26/h1-10H,(H2,21,26)(H,23,24,25)/b5-4-. The highest BCUT2D eigenvalue weighted by atomic mass is 35.5. The Hall–Kier alpha value is -3.16. The fourth-order valence-corrected chi connectivity index (χ4v) is 2.44. The van der Waals surface area contributed by atoms with Gasteiger partial charge in [0, 0.05) is 18.0 Å². The molecule has 1 amide bonds. The van der Waals surface area contributed by atoms with E-state index in [1.165, 1.54) is 12.4 Å². The van der Waals surface area contributed by atoms with Crippen LogP contribution in [0.1, 0.15) is 11.3 Å². The van der Waals surface area contributed by atoms with Crippen LogP contribution in [0.4, 0.5) is 16.3 Å². The van der Waals surface area contributed by atoms with E-state index in [-0.39, 0.29) is 5.28 Å². The van der Waals surface area contributed by atoms with Gasteiger partial charge < -0.3 is 15.8 Å². The predicted molar refractivity (Wildman–Crippen MR) is 105 cm³/mol. The molecule has 0 radical (unpaired) electrons. The molecular formula is C18H13Cl2N5O2. The largest absolute Gasteiger partial charge is 0.410 e. The van der Waals surface area contributed by atoms with Crippen molar-refractivity contribution in [1.82, 2.24) is 15.0 Å². The molecule has 2 heterocycles. The van der Waals surface area contributed by atoms with E-state index in [0.717, 1.165) is 11.3 Å². The van der Waals surface area contributed by atoms with E-state index < -0.39 is 6.09 Å². The number of aromatic nitrogens is 3. The van der Waals surface area contributed by atoms with Gasteiger partial charge in [-0.15, -0.1) is 0 Å². The van der Waals surface area contributed by atoms with Crippen LogP contribution in [-0.2, 0) is 0 Å². The SMILES string of the molecule is NC(=O)Oc1ccnc(/C=C\c2cccc(Nc3nc(Cl)ncc3Cl)c2)c1. The predicted octanol–water partition coefficient (Wildman–Crippen LogP) is 4.55. The average Bonchev–Trinajstić information content (AvgIpc) is 2.63. The number of ether oxygens (including phenoxy) is 1. The molecule has 0 bridgehead atoms. The molecule has 3 aromatic rings. The molecule has 2 aromatic heterocycles. The zero-order valence-electron chi connectivity index (χ0n) is 13.8. The molecule has 27 heavy (non-hydrogen) atoms. The number of benzene rings is 1. The Morgan fingerprint density at radius 3 is 2.81 bits per heavy atom. The Morgan fingerprint density at radius 1 is 1.15 bits per heavy atom. The number of amides is 1. The van der Waals surface area contributed by atoms with Crippen LogP contribution in [-0.4, -0.2) is 21.0 Å². The zero-order valence-corrected chi connectivity index (χ0v) is 15.3. The van der Waals surface area contributed by atoms with Crippen molar-refractivity contribution in [3.63, 3.8) is 0 Å². The third-order valence-electron chi connectivity index (χ3n) is 3.28. The minimum atomic E-state index is -0.876. The lowest BCUT2D eigenvalue weighted by Crippen LogP contribution is -2.16. The molecule has 0 aliphatic carbocycles. The summed E-state index contributed by atoms with van der Waals surface area (Å²) in [6, 6.07) is 10.7. The summed E-state index contributed by atoms with van der Waals surface area (Å²) in [5.74, 6) is 0.735. The van der Waals surface area contributed by atoms with Crippen LogP contribution in [0.2, 0.25) is 10.3 Å². The van der Waals surface area contributed by atoms with Gasteiger partial charge in [-0.25, -0.2) is 9.78 Å². The molecule has 0 atom stereocenters. The average molecular weight is 402 g/mol. The fourth-order valence-electron chi connectivity index (χ4n) is 2.17. The number of rotatable bonds is 5. The topological polar surface area (TPSA) is 103 Å². The second-order valence-corrected chi connectivity index (χ2v) is 6.00. The zero-order chi connectivity index (χ0) is 19.2. The minimum absolute atomic E-state index is 0.0992. The number of anilines is 2. The highest BCUT2D eigenvalue weighted by Crippen LogP contribution is 2.24. The molecule has 0 aliphatic heterocycles. The maximum atomic E-state index is 10.8. The molecule has 0 unspecified atom stereocenters. The van der Waals surface area contributed by atoms with Gasteiger partial charge in [0.1, 0.15) is 10.8 Å².